The van der Waals surface area contributed by atoms with Gasteiger partial charge in [0.2, 0.25) is 0 Å². The van der Waals surface area contributed by atoms with Crippen LogP contribution in [0.25, 0.3) is 0 Å². The molecule has 0 aromatic carbocycles. The summed E-state index contributed by atoms with van der Waals surface area (Å²) in [6.07, 6.45) is 5.09. The van der Waals surface area contributed by atoms with E-state index in [4.69, 9.17) is 12.2 Å². The molecule has 1 heterocycles. The van der Waals surface area contributed by atoms with Crippen LogP contribution < -0.4 is 5.32 Å². The number of nitrogens with zero attached hydrogens (tertiary/aromatic N) is 1. The molecule has 1 saturated carbocycles. The van der Waals surface area contributed by atoms with Gasteiger partial charge >= 0.3 is 0 Å². The maximum atomic E-state index is 5.17. The van der Waals surface area contributed by atoms with Gasteiger partial charge in [-0.1, -0.05) is 20.3 Å². The molecule has 2 nitrogen and oxygen atoms in total. The third kappa shape index (κ3) is 1.83. The smallest absolute Gasteiger partial charge is 0.192 e. The van der Waals surface area contributed by atoms with Crippen LogP contribution in [0, 0.1) is 11.8 Å². The minimum Gasteiger partial charge on any atom is -0.357 e. The van der Waals surface area contributed by atoms with Gasteiger partial charge in [0.25, 0.3) is 0 Å². The van der Waals surface area contributed by atoms with Crippen molar-refractivity contribution in [2.75, 3.05) is 0 Å². The Morgan fingerprint density at radius 3 is 2.93 bits per heavy atom. The summed E-state index contributed by atoms with van der Waals surface area (Å²) in [5.41, 5.74) is 1.36. The lowest BCUT2D eigenvalue weighted by Gasteiger charge is -2.38. The molecule has 0 aromatic rings. The number of rotatable bonds is 1. The Morgan fingerprint density at radius 2 is 2.21 bits per heavy atom. The van der Waals surface area contributed by atoms with Gasteiger partial charge in [-0.05, 0) is 37.4 Å². The third-order valence-corrected chi connectivity index (χ3v) is 3.52. The van der Waals surface area contributed by atoms with E-state index in [0.717, 1.165) is 6.42 Å². The van der Waals surface area contributed by atoms with Gasteiger partial charge in [-0.15, -0.1) is 0 Å². The Kier molecular flexibility index (Phi) is 2.86. The molecule has 2 rings (SSSR count). The highest BCUT2D eigenvalue weighted by molar-refractivity contribution is 7.80. The van der Waals surface area contributed by atoms with E-state index in [9.17, 15) is 0 Å². The predicted molar refractivity (Wildman–Crippen MR) is 63.8 cm³/mol. The molecular weight excluding hydrogens is 192 g/mol. The molecule has 1 fully saturated rings. The number of hydrogen-bond donors (Lipinski definition) is 1. The molecule has 2 aliphatic rings. The SMILES string of the molecule is CC(C)C1NC(=S)N=C2CCCCC21. The van der Waals surface area contributed by atoms with Crippen LogP contribution in [-0.4, -0.2) is 16.9 Å². The first-order valence-electron chi connectivity index (χ1n) is 5.56. The van der Waals surface area contributed by atoms with Crippen LogP contribution in [0.4, 0.5) is 0 Å². The molecule has 0 radical (unpaired) electrons. The highest BCUT2D eigenvalue weighted by Gasteiger charge is 2.33. The van der Waals surface area contributed by atoms with E-state index >= 15 is 0 Å². The summed E-state index contributed by atoms with van der Waals surface area (Å²) >= 11 is 5.17. The lowest BCUT2D eigenvalue weighted by Crippen LogP contribution is -2.50. The van der Waals surface area contributed by atoms with E-state index in [0.29, 0.717) is 23.0 Å². The van der Waals surface area contributed by atoms with Crippen molar-refractivity contribution in [3.63, 3.8) is 0 Å². The van der Waals surface area contributed by atoms with Crippen LogP contribution in [0.2, 0.25) is 0 Å². The fraction of sp³-hybridized carbons (Fsp3) is 0.818. The molecule has 2 unspecified atom stereocenters. The van der Waals surface area contributed by atoms with Crippen LogP contribution in [0.1, 0.15) is 39.5 Å². The van der Waals surface area contributed by atoms with Crippen molar-refractivity contribution in [2.24, 2.45) is 16.8 Å². The summed E-state index contributed by atoms with van der Waals surface area (Å²) in [6.45, 7) is 4.52. The van der Waals surface area contributed by atoms with Gasteiger partial charge in [0, 0.05) is 17.7 Å². The maximum absolute atomic E-state index is 5.17. The van der Waals surface area contributed by atoms with Gasteiger partial charge in [0.05, 0.1) is 0 Å². The zero-order chi connectivity index (χ0) is 10.1. The molecule has 3 heteroatoms. The standard InChI is InChI=1S/C11H18N2S/c1-7(2)10-8-5-3-4-6-9(8)12-11(14)13-10/h7-8,10H,3-6H2,1-2H3,(H,13,14). The first kappa shape index (κ1) is 10.1. The Bertz CT molecular complexity index is 270. The van der Waals surface area contributed by atoms with Gasteiger partial charge in [-0.25, -0.2) is 4.99 Å². The second-order valence-corrected chi connectivity index (χ2v) is 5.06. The lowest BCUT2D eigenvalue weighted by molar-refractivity contribution is 0.335. The monoisotopic (exact) mass is 210 g/mol. The van der Waals surface area contributed by atoms with E-state index in [2.05, 4.69) is 24.2 Å². The van der Waals surface area contributed by atoms with Crippen molar-refractivity contribution in [3.05, 3.63) is 0 Å². The van der Waals surface area contributed by atoms with Gasteiger partial charge in [0.15, 0.2) is 5.11 Å². The summed E-state index contributed by atoms with van der Waals surface area (Å²) in [6, 6.07) is 0.523. The van der Waals surface area contributed by atoms with Crippen molar-refractivity contribution in [3.8, 4) is 0 Å². The molecule has 0 spiro atoms. The molecule has 0 bridgehead atoms. The Labute approximate surface area is 91.2 Å². The van der Waals surface area contributed by atoms with Crippen LogP contribution in [0.15, 0.2) is 4.99 Å². The molecule has 2 atom stereocenters. The molecule has 1 aliphatic carbocycles. The van der Waals surface area contributed by atoms with E-state index in [1.165, 1.54) is 25.0 Å². The van der Waals surface area contributed by atoms with E-state index < -0.39 is 0 Å². The predicted octanol–water partition coefficient (Wildman–Crippen LogP) is 2.53. The van der Waals surface area contributed by atoms with Crippen molar-refractivity contribution in [1.29, 1.82) is 0 Å². The average Bonchev–Trinajstić information content (AvgIpc) is 2.16. The zero-order valence-corrected chi connectivity index (χ0v) is 9.73. The van der Waals surface area contributed by atoms with Crippen LogP contribution in [-0.2, 0) is 0 Å². The average molecular weight is 210 g/mol. The van der Waals surface area contributed by atoms with Gasteiger partial charge in [-0.3, -0.25) is 0 Å². The fourth-order valence-corrected chi connectivity index (χ4v) is 2.84. The third-order valence-electron chi connectivity index (χ3n) is 3.31. The summed E-state index contributed by atoms with van der Waals surface area (Å²) in [5.74, 6) is 1.29. The normalized spacial score (nSPS) is 32.2. The van der Waals surface area contributed by atoms with Crippen LogP contribution >= 0.6 is 12.2 Å². The van der Waals surface area contributed by atoms with Crippen molar-refractivity contribution in [2.45, 2.75) is 45.6 Å². The van der Waals surface area contributed by atoms with E-state index in [1.54, 1.807) is 0 Å². The Hall–Kier alpha value is -0.440. The second kappa shape index (κ2) is 3.97. The minimum atomic E-state index is 0.523. The van der Waals surface area contributed by atoms with Crippen LogP contribution in [0.3, 0.4) is 0 Å². The molecule has 0 aromatic heterocycles. The number of hydrogen-bond acceptors (Lipinski definition) is 1. The molecule has 1 N–H and O–H groups in total. The van der Waals surface area contributed by atoms with Crippen molar-refractivity contribution >= 4 is 23.0 Å². The van der Waals surface area contributed by atoms with E-state index in [1.807, 2.05) is 0 Å². The van der Waals surface area contributed by atoms with Gasteiger partial charge < -0.3 is 5.32 Å². The topological polar surface area (TPSA) is 24.4 Å². The Morgan fingerprint density at radius 1 is 1.43 bits per heavy atom. The zero-order valence-electron chi connectivity index (χ0n) is 8.92. The summed E-state index contributed by atoms with van der Waals surface area (Å²) < 4.78 is 0. The molecule has 14 heavy (non-hydrogen) atoms. The molecular formula is C11H18N2S. The number of aliphatic imine (C=N–C) groups is 1. The Balaban J connectivity index is 2.22. The lowest BCUT2D eigenvalue weighted by atomic mass is 9.77. The van der Waals surface area contributed by atoms with Gasteiger partial charge in [0.1, 0.15) is 0 Å². The number of nitrogens with one attached hydrogen (secondary N) is 1. The summed E-state index contributed by atoms with van der Waals surface area (Å²) in [7, 11) is 0. The fourth-order valence-electron chi connectivity index (χ4n) is 2.59. The largest absolute Gasteiger partial charge is 0.357 e. The second-order valence-electron chi connectivity index (χ2n) is 4.67. The first-order chi connectivity index (χ1) is 6.68. The number of fused-ring (bicyclic) bond motifs is 1. The summed E-state index contributed by atoms with van der Waals surface area (Å²) in [4.78, 5) is 4.47. The quantitative estimate of drug-likeness (QED) is 0.673. The molecule has 0 saturated heterocycles. The maximum Gasteiger partial charge on any atom is 0.192 e. The van der Waals surface area contributed by atoms with E-state index in [-0.39, 0.29) is 0 Å². The minimum absolute atomic E-state index is 0.523. The highest BCUT2D eigenvalue weighted by Crippen LogP contribution is 2.30. The highest BCUT2D eigenvalue weighted by atomic mass is 32.1. The first-order valence-corrected chi connectivity index (χ1v) is 5.97. The molecule has 1 aliphatic heterocycles. The van der Waals surface area contributed by atoms with Gasteiger partial charge in [-0.2, -0.15) is 0 Å². The molecule has 78 valence electrons. The van der Waals surface area contributed by atoms with Crippen LogP contribution in [0.5, 0.6) is 0 Å². The number of thiocarbonyl (C=S) groups is 1. The van der Waals surface area contributed by atoms with Crippen molar-refractivity contribution in [1.82, 2.24) is 5.32 Å². The summed E-state index contributed by atoms with van der Waals surface area (Å²) in [5, 5.41) is 4.06. The molecule has 0 amide bonds. The van der Waals surface area contributed by atoms with Crippen molar-refractivity contribution < 1.29 is 0 Å².